The molecule has 5 nitrogen and oxygen atoms in total. The Labute approximate surface area is 199 Å². The molecule has 1 amide bonds. The molecule has 0 unspecified atom stereocenters. The first-order chi connectivity index (χ1) is 16.1. The average Bonchev–Trinajstić information content (AvgIpc) is 3.27. The molecule has 2 heterocycles. The Bertz CT molecular complexity index is 1280. The van der Waals surface area contributed by atoms with Gasteiger partial charge in [0.25, 0.3) is 0 Å². The second kappa shape index (κ2) is 9.49. The standard InChI is InChI=1S/C27H30N4OS/c1-19-10-11-24-26(20(19)2)29-27(33-24)31-16-14-30(15-17-31)13-12-28-25(32)18-22-8-5-7-21-6-3-4-9-23(21)22/h3-11H,12-18H2,1-2H3,(H,28,32). The van der Waals surface area contributed by atoms with E-state index in [0.29, 0.717) is 13.0 Å². The smallest absolute Gasteiger partial charge is 0.224 e. The third kappa shape index (κ3) is 4.72. The van der Waals surface area contributed by atoms with Crippen LogP contribution in [0.1, 0.15) is 16.7 Å². The Balaban J connectivity index is 1.10. The normalized spacial score (nSPS) is 14.8. The molecule has 1 N–H and O–H groups in total. The van der Waals surface area contributed by atoms with Gasteiger partial charge in [-0.1, -0.05) is 59.9 Å². The zero-order chi connectivity index (χ0) is 22.8. The van der Waals surface area contributed by atoms with Crippen LogP contribution in [-0.2, 0) is 11.2 Å². The number of hydrogen-bond donors (Lipinski definition) is 1. The van der Waals surface area contributed by atoms with Gasteiger partial charge >= 0.3 is 0 Å². The maximum absolute atomic E-state index is 12.5. The van der Waals surface area contributed by atoms with Crippen LogP contribution in [0.15, 0.2) is 54.6 Å². The molecule has 5 rings (SSSR count). The van der Waals surface area contributed by atoms with E-state index in [0.717, 1.165) is 54.3 Å². The lowest BCUT2D eigenvalue weighted by molar-refractivity contribution is -0.120. The van der Waals surface area contributed by atoms with Crippen molar-refractivity contribution in [3.05, 3.63) is 71.3 Å². The van der Waals surface area contributed by atoms with E-state index in [-0.39, 0.29) is 5.91 Å². The molecule has 0 aliphatic carbocycles. The molecule has 1 aromatic heterocycles. The van der Waals surface area contributed by atoms with Crippen LogP contribution >= 0.6 is 11.3 Å². The molecule has 6 heteroatoms. The fourth-order valence-electron chi connectivity index (χ4n) is 4.55. The molecule has 4 aromatic rings. The maximum Gasteiger partial charge on any atom is 0.224 e. The Morgan fingerprint density at radius 1 is 1.00 bits per heavy atom. The third-order valence-electron chi connectivity index (χ3n) is 6.70. The number of piperazine rings is 1. The Hall–Kier alpha value is -2.96. The number of aryl methyl sites for hydroxylation is 2. The van der Waals surface area contributed by atoms with Crippen molar-refractivity contribution in [3.8, 4) is 0 Å². The highest BCUT2D eigenvalue weighted by molar-refractivity contribution is 7.22. The summed E-state index contributed by atoms with van der Waals surface area (Å²) in [7, 11) is 0. The first kappa shape index (κ1) is 21.9. The minimum atomic E-state index is 0.0881. The number of amides is 1. The van der Waals surface area contributed by atoms with Gasteiger partial charge in [-0.05, 0) is 47.4 Å². The van der Waals surface area contributed by atoms with Gasteiger partial charge in [0.2, 0.25) is 5.91 Å². The van der Waals surface area contributed by atoms with Crippen LogP contribution in [0.2, 0.25) is 0 Å². The van der Waals surface area contributed by atoms with Crippen molar-refractivity contribution < 1.29 is 4.79 Å². The predicted octanol–water partition coefficient (Wildman–Crippen LogP) is 4.55. The van der Waals surface area contributed by atoms with Crippen LogP contribution < -0.4 is 10.2 Å². The van der Waals surface area contributed by atoms with Crippen LogP contribution in [0.25, 0.3) is 21.0 Å². The van der Waals surface area contributed by atoms with E-state index in [2.05, 4.69) is 59.3 Å². The molecule has 1 aliphatic heterocycles. The van der Waals surface area contributed by atoms with Crippen molar-refractivity contribution in [2.75, 3.05) is 44.2 Å². The zero-order valence-corrected chi connectivity index (χ0v) is 20.1. The van der Waals surface area contributed by atoms with E-state index in [4.69, 9.17) is 4.98 Å². The van der Waals surface area contributed by atoms with Gasteiger partial charge in [-0.3, -0.25) is 9.69 Å². The van der Waals surface area contributed by atoms with Crippen molar-refractivity contribution in [2.45, 2.75) is 20.3 Å². The molecule has 1 saturated heterocycles. The van der Waals surface area contributed by atoms with Crippen molar-refractivity contribution in [2.24, 2.45) is 0 Å². The van der Waals surface area contributed by atoms with Crippen LogP contribution in [0.3, 0.4) is 0 Å². The highest BCUT2D eigenvalue weighted by Gasteiger charge is 2.20. The molecule has 0 bridgehead atoms. The van der Waals surface area contributed by atoms with E-state index in [1.54, 1.807) is 11.3 Å². The van der Waals surface area contributed by atoms with Gasteiger partial charge in [0.1, 0.15) is 0 Å². The minimum absolute atomic E-state index is 0.0881. The lowest BCUT2D eigenvalue weighted by Crippen LogP contribution is -2.48. The van der Waals surface area contributed by atoms with E-state index in [9.17, 15) is 4.79 Å². The largest absolute Gasteiger partial charge is 0.355 e. The van der Waals surface area contributed by atoms with Crippen molar-refractivity contribution in [3.63, 3.8) is 0 Å². The third-order valence-corrected chi connectivity index (χ3v) is 7.78. The summed E-state index contributed by atoms with van der Waals surface area (Å²) in [5.74, 6) is 0.0881. The van der Waals surface area contributed by atoms with E-state index in [1.807, 2.05) is 24.3 Å². The van der Waals surface area contributed by atoms with Gasteiger partial charge in [-0.15, -0.1) is 0 Å². The number of rotatable bonds is 6. The van der Waals surface area contributed by atoms with Gasteiger partial charge < -0.3 is 10.2 Å². The highest BCUT2D eigenvalue weighted by Crippen LogP contribution is 2.32. The number of anilines is 1. The molecule has 170 valence electrons. The van der Waals surface area contributed by atoms with E-state index < -0.39 is 0 Å². The van der Waals surface area contributed by atoms with Gasteiger partial charge in [0, 0.05) is 39.3 Å². The molecule has 0 saturated carbocycles. The summed E-state index contributed by atoms with van der Waals surface area (Å²) in [6.07, 6.45) is 0.422. The number of carbonyl (C=O) groups excluding carboxylic acids is 1. The van der Waals surface area contributed by atoms with Crippen LogP contribution in [-0.4, -0.2) is 55.1 Å². The number of carbonyl (C=O) groups is 1. The lowest BCUT2D eigenvalue weighted by Gasteiger charge is -2.34. The number of nitrogens with zero attached hydrogens (tertiary/aromatic N) is 3. The van der Waals surface area contributed by atoms with Crippen LogP contribution in [0, 0.1) is 13.8 Å². The second-order valence-corrected chi connectivity index (χ2v) is 9.85. The zero-order valence-electron chi connectivity index (χ0n) is 19.3. The topological polar surface area (TPSA) is 48.5 Å². The summed E-state index contributed by atoms with van der Waals surface area (Å²) in [6.45, 7) is 9.81. The number of nitrogens with one attached hydrogen (secondary N) is 1. The number of hydrogen-bond acceptors (Lipinski definition) is 5. The SMILES string of the molecule is Cc1ccc2sc(N3CCN(CCNC(=O)Cc4cccc5ccccc45)CC3)nc2c1C. The quantitative estimate of drug-likeness (QED) is 0.461. The molecule has 3 aromatic carbocycles. The lowest BCUT2D eigenvalue weighted by atomic mass is 10.0. The average molecular weight is 459 g/mol. The van der Waals surface area contributed by atoms with Gasteiger partial charge in [-0.25, -0.2) is 4.98 Å². The van der Waals surface area contributed by atoms with Crippen molar-refractivity contribution in [1.82, 2.24) is 15.2 Å². The van der Waals surface area contributed by atoms with Gasteiger partial charge in [-0.2, -0.15) is 0 Å². The maximum atomic E-state index is 12.5. The fraction of sp³-hybridized carbons (Fsp3) is 0.333. The van der Waals surface area contributed by atoms with Gasteiger partial charge in [0.15, 0.2) is 5.13 Å². The first-order valence-electron chi connectivity index (χ1n) is 11.7. The van der Waals surface area contributed by atoms with Gasteiger partial charge in [0.05, 0.1) is 16.6 Å². The molecule has 33 heavy (non-hydrogen) atoms. The molecular weight excluding hydrogens is 428 g/mol. The van der Waals surface area contributed by atoms with E-state index in [1.165, 1.54) is 21.2 Å². The van der Waals surface area contributed by atoms with Crippen LogP contribution in [0.5, 0.6) is 0 Å². The second-order valence-electron chi connectivity index (χ2n) is 8.84. The Kier molecular flexibility index (Phi) is 6.29. The molecule has 0 atom stereocenters. The Morgan fingerprint density at radius 3 is 2.64 bits per heavy atom. The summed E-state index contributed by atoms with van der Waals surface area (Å²) in [6, 6.07) is 18.8. The first-order valence-corrected chi connectivity index (χ1v) is 12.5. The molecule has 0 spiro atoms. The Morgan fingerprint density at radius 2 is 1.79 bits per heavy atom. The fourth-order valence-corrected chi connectivity index (χ4v) is 5.62. The summed E-state index contributed by atoms with van der Waals surface area (Å²) in [5, 5.41) is 6.58. The minimum Gasteiger partial charge on any atom is -0.355 e. The number of fused-ring (bicyclic) bond motifs is 2. The molecule has 1 aliphatic rings. The summed E-state index contributed by atoms with van der Waals surface area (Å²) in [4.78, 5) is 22.3. The predicted molar refractivity (Wildman–Crippen MR) is 138 cm³/mol. The summed E-state index contributed by atoms with van der Waals surface area (Å²) >= 11 is 1.79. The molecule has 1 fully saturated rings. The molecular formula is C27H30N4OS. The number of thiazole rings is 1. The van der Waals surface area contributed by atoms with Crippen molar-refractivity contribution in [1.29, 1.82) is 0 Å². The van der Waals surface area contributed by atoms with Crippen molar-refractivity contribution >= 4 is 43.4 Å². The summed E-state index contributed by atoms with van der Waals surface area (Å²) < 4.78 is 1.27. The summed E-state index contributed by atoms with van der Waals surface area (Å²) in [5.41, 5.74) is 4.81. The highest BCUT2D eigenvalue weighted by atomic mass is 32.1. The van der Waals surface area contributed by atoms with E-state index >= 15 is 0 Å². The number of benzene rings is 3. The number of aromatic nitrogens is 1. The van der Waals surface area contributed by atoms with Crippen LogP contribution in [0.4, 0.5) is 5.13 Å². The monoisotopic (exact) mass is 458 g/mol. The molecule has 0 radical (unpaired) electrons.